The van der Waals surface area contributed by atoms with E-state index in [9.17, 15) is 5.11 Å². The van der Waals surface area contributed by atoms with Gasteiger partial charge in [0, 0.05) is 12.5 Å². The molecule has 0 aromatic rings. The molecule has 1 heterocycles. The Labute approximate surface area is 104 Å². The fraction of sp³-hybridized carbons (Fsp3) is 1.00. The minimum absolute atomic E-state index is 0.290. The minimum Gasteiger partial charge on any atom is -0.390 e. The van der Waals surface area contributed by atoms with Crippen LogP contribution < -0.4 is 0 Å². The van der Waals surface area contributed by atoms with Gasteiger partial charge < -0.3 is 14.6 Å². The summed E-state index contributed by atoms with van der Waals surface area (Å²) in [6.07, 6.45) is 7.32. The van der Waals surface area contributed by atoms with Crippen LogP contribution in [-0.4, -0.2) is 37.1 Å². The van der Waals surface area contributed by atoms with Crippen LogP contribution in [0.15, 0.2) is 0 Å². The molecule has 0 spiro atoms. The van der Waals surface area contributed by atoms with Crippen molar-refractivity contribution in [3.05, 3.63) is 0 Å². The first-order chi connectivity index (χ1) is 8.31. The SMILES string of the molecule is CCC1CCCCC1OCC(O)C1CCOC1. The van der Waals surface area contributed by atoms with Crippen LogP contribution >= 0.6 is 0 Å². The molecule has 2 aliphatic rings. The third-order valence-corrected chi connectivity index (χ3v) is 4.35. The predicted octanol–water partition coefficient (Wildman–Crippen LogP) is 2.37. The normalized spacial score (nSPS) is 36.0. The highest BCUT2D eigenvalue weighted by atomic mass is 16.5. The number of hydrogen-bond acceptors (Lipinski definition) is 3. The standard InChI is InChI=1S/C14H26O3/c1-2-11-5-3-4-6-14(11)17-10-13(15)12-7-8-16-9-12/h11-15H,2-10H2,1H3. The summed E-state index contributed by atoms with van der Waals surface area (Å²) >= 11 is 0. The Kier molecular flexibility index (Phi) is 5.26. The van der Waals surface area contributed by atoms with Gasteiger partial charge in [0.25, 0.3) is 0 Å². The highest BCUT2D eigenvalue weighted by Gasteiger charge is 2.28. The minimum atomic E-state index is -0.336. The Bertz CT molecular complexity index is 214. The maximum absolute atomic E-state index is 10.0. The van der Waals surface area contributed by atoms with Crippen LogP contribution in [0, 0.1) is 11.8 Å². The largest absolute Gasteiger partial charge is 0.390 e. The molecule has 3 nitrogen and oxygen atoms in total. The lowest BCUT2D eigenvalue weighted by atomic mass is 9.84. The van der Waals surface area contributed by atoms with Crippen LogP contribution in [0.3, 0.4) is 0 Å². The zero-order valence-corrected chi connectivity index (χ0v) is 10.9. The number of rotatable bonds is 5. The molecule has 0 aromatic heterocycles. The van der Waals surface area contributed by atoms with Gasteiger partial charge in [0.1, 0.15) is 0 Å². The smallest absolute Gasteiger partial charge is 0.0824 e. The first kappa shape index (κ1) is 13.3. The fourth-order valence-electron chi connectivity index (χ4n) is 3.07. The molecule has 1 saturated heterocycles. The molecule has 4 unspecified atom stereocenters. The van der Waals surface area contributed by atoms with Crippen molar-refractivity contribution in [3.8, 4) is 0 Å². The van der Waals surface area contributed by atoms with E-state index < -0.39 is 0 Å². The summed E-state index contributed by atoms with van der Waals surface area (Å²) in [4.78, 5) is 0. The van der Waals surface area contributed by atoms with Crippen LogP contribution in [0.4, 0.5) is 0 Å². The van der Waals surface area contributed by atoms with Crippen molar-refractivity contribution in [1.82, 2.24) is 0 Å². The number of aliphatic hydroxyl groups excluding tert-OH is 1. The lowest BCUT2D eigenvalue weighted by molar-refractivity contribution is -0.0652. The molecule has 2 fully saturated rings. The molecule has 2 rings (SSSR count). The molecule has 0 amide bonds. The molecule has 3 heteroatoms. The van der Waals surface area contributed by atoms with Gasteiger partial charge in [-0.2, -0.15) is 0 Å². The predicted molar refractivity (Wildman–Crippen MR) is 66.9 cm³/mol. The molecule has 17 heavy (non-hydrogen) atoms. The van der Waals surface area contributed by atoms with E-state index in [0.29, 0.717) is 31.2 Å². The maximum atomic E-state index is 10.0. The van der Waals surface area contributed by atoms with Gasteiger partial charge in [-0.1, -0.05) is 26.2 Å². The molecular weight excluding hydrogens is 216 g/mol. The van der Waals surface area contributed by atoms with E-state index >= 15 is 0 Å². The van der Waals surface area contributed by atoms with Crippen molar-refractivity contribution in [2.24, 2.45) is 11.8 Å². The van der Waals surface area contributed by atoms with Gasteiger partial charge >= 0.3 is 0 Å². The molecular formula is C14H26O3. The van der Waals surface area contributed by atoms with E-state index in [-0.39, 0.29) is 6.10 Å². The van der Waals surface area contributed by atoms with Gasteiger partial charge in [0.05, 0.1) is 25.4 Å². The maximum Gasteiger partial charge on any atom is 0.0824 e. The van der Waals surface area contributed by atoms with E-state index in [2.05, 4.69) is 6.92 Å². The molecule has 1 aliphatic heterocycles. The first-order valence-electron chi connectivity index (χ1n) is 7.18. The molecule has 1 saturated carbocycles. The van der Waals surface area contributed by atoms with Crippen molar-refractivity contribution >= 4 is 0 Å². The fourth-order valence-corrected chi connectivity index (χ4v) is 3.07. The summed E-state index contributed by atoms with van der Waals surface area (Å²) in [5.74, 6) is 0.995. The van der Waals surface area contributed by atoms with Crippen molar-refractivity contribution in [3.63, 3.8) is 0 Å². The van der Waals surface area contributed by atoms with Crippen molar-refractivity contribution in [2.75, 3.05) is 19.8 Å². The van der Waals surface area contributed by atoms with E-state index in [0.717, 1.165) is 13.0 Å². The Morgan fingerprint density at radius 3 is 2.82 bits per heavy atom. The lowest BCUT2D eigenvalue weighted by Gasteiger charge is -2.32. The average Bonchev–Trinajstić information content (AvgIpc) is 2.90. The Hall–Kier alpha value is -0.120. The summed E-state index contributed by atoms with van der Waals surface area (Å²) in [7, 11) is 0. The second-order valence-electron chi connectivity index (χ2n) is 5.52. The molecule has 100 valence electrons. The van der Waals surface area contributed by atoms with Gasteiger partial charge in [0.15, 0.2) is 0 Å². The highest BCUT2D eigenvalue weighted by Crippen LogP contribution is 2.29. The third kappa shape index (κ3) is 3.67. The van der Waals surface area contributed by atoms with E-state index in [1.165, 1.54) is 32.1 Å². The molecule has 0 radical (unpaired) electrons. The molecule has 4 atom stereocenters. The molecule has 1 N–H and O–H groups in total. The number of aliphatic hydroxyl groups is 1. The Morgan fingerprint density at radius 1 is 1.29 bits per heavy atom. The highest BCUT2D eigenvalue weighted by molar-refractivity contribution is 4.77. The van der Waals surface area contributed by atoms with Gasteiger partial charge in [-0.3, -0.25) is 0 Å². The first-order valence-corrected chi connectivity index (χ1v) is 7.18. The quantitative estimate of drug-likeness (QED) is 0.804. The van der Waals surface area contributed by atoms with E-state index in [4.69, 9.17) is 9.47 Å². The average molecular weight is 242 g/mol. The van der Waals surface area contributed by atoms with Crippen molar-refractivity contribution in [2.45, 2.75) is 57.7 Å². The van der Waals surface area contributed by atoms with Gasteiger partial charge in [-0.15, -0.1) is 0 Å². The summed E-state index contributed by atoms with van der Waals surface area (Å²) in [6.45, 7) is 4.23. The Balaban J connectivity index is 1.72. The van der Waals surface area contributed by atoms with E-state index in [1.807, 2.05) is 0 Å². The van der Waals surface area contributed by atoms with Gasteiger partial charge in [-0.05, 0) is 25.2 Å². The van der Waals surface area contributed by atoms with Gasteiger partial charge in [-0.25, -0.2) is 0 Å². The summed E-state index contributed by atoms with van der Waals surface area (Å²) < 4.78 is 11.3. The van der Waals surface area contributed by atoms with Crippen LogP contribution in [0.2, 0.25) is 0 Å². The summed E-state index contributed by atoms with van der Waals surface area (Å²) in [5.41, 5.74) is 0. The van der Waals surface area contributed by atoms with E-state index in [1.54, 1.807) is 0 Å². The second-order valence-corrected chi connectivity index (χ2v) is 5.52. The van der Waals surface area contributed by atoms with Crippen LogP contribution in [0.25, 0.3) is 0 Å². The zero-order chi connectivity index (χ0) is 12.1. The number of ether oxygens (including phenoxy) is 2. The molecule has 1 aliphatic carbocycles. The summed E-state index contributed by atoms with van der Waals surface area (Å²) in [5, 5.41) is 10.0. The van der Waals surface area contributed by atoms with Gasteiger partial charge in [0.2, 0.25) is 0 Å². The topological polar surface area (TPSA) is 38.7 Å². The van der Waals surface area contributed by atoms with Crippen LogP contribution in [0.5, 0.6) is 0 Å². The lowest BCUT2D eigenvalue weighted by Crippen LogP contribution is -2.33. The van der Waals surface area contributed by atoms with Crippen LogP contribution in [-0.2, 0) is 9.47 Å². The van der Waals surface area contributed by atoms with Crippen molar-refractivity contribution in [1.29, 1.82) is 0 Å². The third-order valence-electron chi connectivity index (χ3n) is 4.35. The molecule has 0 aromatic carbocycles. The monoisotopic (exact) mass is 242 g/mol. The molecule has 0 bridgehead atoms. The number of hydrogen-bond donors (Lipinski definition) is 1. The second kappa shape index (κ2) is 6.72. The summed E-state index contributed by atoms with van der Waals surface area (Å²) in [6, 6.07) is 0. The Morgan fingerprint density at radius 2 is 2.12 bits per heavy atom. The van der Waals surface area contributed by atoms with Crippen LogP contribution in [0.1, 0.15) is 45.4 Å². The van der Waals surface area contributed by atoms with Crippen molar-refractivity contribution < 1.29 is 14.6 Å². The zero-order valence-electron chi connectivity index (χ0n) is 10.9.